The first kappa shape index (κ1) is 24.9. The van der Waals surface area contributed by atoms with Gasteiger partial charge in [-0.25, -0.2) is 0 Å². The van der Waals surface area contributed by atoms with E-state index in [4.69, 9.17) is 21.9 Å². The van der Waals surface area contributed by atoms with Gasteiger partial charge < -0.3 is 19.9 Å². The summed E-state index contributed by atoms with van der Waals surface area (Å²) in [5.74, 6) is 0.928. The zero-order chi connectivity index (χ0) is 26.4. The third-order valence-corrected chi connectivity index (χ3v) is 8.72. The average Bonchev–Trinajstić information content (AvgIpc) is 3.55. The van der Waals surface area contributed by atoms with Crippen molar-refractivity contribution in [2.24, 2.45) is 0 Å². The molecule has 3 aliphatic rings. The number of fused-ring (bicyclic) bond motifs is 1. The van der Waals surface area contributed by atoms with Gasteiger partial charge in [0.25, 0.3) is 0 Å². The van der Waals surface area contributed by atoms with Crippen LogP contribution < -0.4 is 19.9 Å². The highest BCUT2D eigenvalue weighted by Crippen LogP contribution is 2.45. The van der Waals surface area contributed by atoms with Crippen molar-refractivity contribution in [3.63, 3.8) is 0 Å². The molecule has 38 heavy (non-hydrogen) atoms. The van der Waals surface area contributed by atoms with Gasteiger partial charge in [-0.05, 0) is 118 Å². The Hall–Kier alpha value is -3.38. The zero-order valence-corrected chi connectivity index (χ0v) is 23.5. The fourth-order valence-corrected chi connectivity index (χ4v) is 6.56. The number of hydrogen-bond donors (Lipinski definition) is 1. The van der Waals surface area contributed by atoms with Gasteiger partial charge in [0.15, 0.2) is 5.11 Å². The Labute approximate surface area is 231 Å². The van der Waals surface area contributed by atoms with Crippen LogP contribution >= 0.6 is 12.2 Å². The van der Waals surface area contributed by atoms with Crippen LogP contribution in [0.4, 0.5) is 11.4 Å². The monoisotopic (exact) mass is 524 g/mol. The molecule has 2 fully saturated rings. The van der Waals surface area contributed by atoms with E-state index < -0.39 is 0 Å². The molecule has 0 spiro atoms. The summed E-state index contributed by atoms with van der Waals surface area (Å²) in [6.07, 6.45) is 9.36. The minimum absolute atomic E-state index is 0.0279. The number of anilines is 2. The van der Waals surface area contributed by atoms with Crippen LogP contribution in [0.1, 0.15) is 75.4 Å². The van der Waals surface area contributed by atoms with Gasteiger partial charge >= 0.3 is 0 Å². The summed E-state index contributed by atoms with van der Waals surface area (Å²) in [6.45, 7) is 6.73. The molecule has 2 atom stereocenters. The number of nitrogens with zero attached hydrogens (tertiary/aromatic N) is 3. The Morgan fingerprint density at radius 2 is 1.79 bits per heavy atom. The molecule has 3 aromatic rings. The minimum Gasteiger partial charge on any atom is -0.490 e. The van der Waals surface area contributed by atoms with E-state index in [1.54, 1.807) is 0 Å². The van der Waals surface area contributed by atoms with Crippen LogP contribution in [0.3, 0.4) is 0 Å². The van der Waals surface area contributed by atoms with Crippen molar-refractivity contribution in [2.75, 3.05) is 16.8 Å². The molecule has 2 aliphatic heterocycles. The van der Waals surface area contributed by atoms with Crippen LogP contribution in [-0.2, 0) is 0 Å². The largest absolute Gasteiger partial charge is 0.490 e. The van der Waals surface area contributed by atoms with Gasteiger partial charge in [0, 0.05) is 30.2 Å². The molecule has 1 saturated carbocycles. The van der Waals surface area contributed by atoms with E-state index in [1.165, 1.54) is 35.2 Å². The molecular weight excluding hydrogens is 488 g/mol. The molecule has 0 bridgehead atoms. The van der Waals surface area contributed by atoms with E-state index in [2.05, 4.69) is 97.5 Å². The first-order chi connectivity index (χ1) is 18.3. The average molecular weight is 525 g/mol. The van der Waals surface area contributed by atoms with Gasteiger partial charge in [-0.3, -0.25) is 4.98 Å². The molecule has 2 aromatic carbocycles. The van der Waals surface area contributed by atoms with E-state index in [9.17, 15) is 0 Å². The lowest BCUT2D eigenvalue weighted by Crippen LogP contribution is -2.42. The predicted molar refractivity (Wildman–Crippen MR) is 160 cm³/mol. The SMILES string of the molecule is CC1=CC(C)(C)N(C)c2ccc(C3C(c4ccccn4)NC(=S)N3c3ccc(OC4CCCC4)cc3)cc21. The molecule has 1 N–H and O–H groups in total. The Kier molecular flexibility index (Phi) is 6.39. The Bertz CT molecular complexity index is 1360. The summed E-state index contributed by atoms with van der Waals surface area (Å²) in [6, 6.07) is 21.2. The third kappa shape index (κ3) is 4.45. The van der Waals surface area contributed by atoms with E-state index in [0.717, 1.165) is 30.0 Å². The van der Waals surface area contributed by atoms with Crippen LogP contribution in [0.2, 0.25) is 0 Å². The number of pyridine rings is 1. The van der Waals surface area contributed by atoms with Crippen molar-refractivity contribution in [2.45, 2.75) is 70.2 Å². The number of thiocarbonyl (C=S) groups is 1. The number of rotatable bonds is 5. The lowest BCUT2D eigenvalue weighted by molar-refractivity contribution is 0.210. The van der Waals surface area contributed by atoms with Gasteiger partial charge in [0.2, 0.25) is 0 Å². The smallest absolute Gasteiger partial charge is 0.174 e. The van der Waals surface area contributed by atoms with Gasteiger partial charge in [0.05, 0.1) is 29.4 Å². The number of likely N-dealkylation sites (N-methyl/N-ethyl adjacent to an activating group) is 1. The maximum Gasteiger partial charge on any atom is 0.174 e. The molecular formula is C32H36N4OS. The second kappa shape index (κ2) is 9.73. The van der Waals surface area contributed by atoms with Gasteiger partial charge in [0.1, 0.15) is 5.75 Å². The topological polar surface area (TPSA) is 40.6 Å². The molecule has 196 valence electrons. The van der Waals surface area contributed by atoms with Crippen LogP contribution in [0, 0.1) is 0 Å². The number of ether oxygens (including phenoxy) is 1. The van der Waals surface area contributed by atoms with E-state index in [0.29, 0.717) is 11.2 Å². The second-order valence-corrected chi connectivity index (χ2v) is 11.7. The fraction of sp³-hybridized carbons (Fsp3) is 0.375. The molecule has 2 unspecified atom stereocenters. The lowest BCUT2D eigenvalue weighted by Gasteiger charge is -2.41. The van der Waals surface area contributed by atoms with E-state index in [-0.39, 0.29) is 17.6 Å². The Balaban J connectivity index is 1.39. The predicted octanol–water partition coefficient (Wildman–Crippen LogP) is 7.21. The highest BCUT2D eigenvalue weighted by Gasteiger charge is 2.41. The molecule has 1 saturated heterocycles. The summed E-state index contributed by atoms with van der Waals surface area (Å²) in [7, 11) is 2.17. The standard InChI is InChI=1S/C32H36N4OS/c1-21-20-32(2,3)35(4)28-17-12-22(19-26(21)28)30-29(27-11-7-8-18-33-27)34-31(38)36(30)23-13-15-25(16-14-23)37-24-9-5-6-10-24/h7-8,11-20,24,29-30H,5-6,9-10H2,1-4H3,(H,34,38). The normalized spacial score (nSPS) is 22.7. The van der Waals surface area contributed by atoms with Crippen LogP contribution in [0.5, 0.6) is 5.75 Å². The molecule has 5 nitrogen and oxygen atoms in total. The second-order valence-electron chi connectivity index (χ2n) is 11.3. The maximum absolute atomic E-state index is 6.23. The van der Waals surface area contributed by atoms with Crippen molar-refractivity contribution in [1.29, 1.82) is 0 Å². The number of allylic oxidation sites excluding steroid dienone is 1. The van der Waals surface area contributed by atoms with Crippen LogP contribution in [0.15, 0.2) is 72.9 Å². The fourth-order valence-electron chi connectivity index (χ4n) is 6.22. The molecule has 0 radical (unpaired) electrons. The van der Waals surface area contributed by atoms with Crippen molar-refractivity contribution in [3.05, 3.63) is 89.8 Å². The van der Waals surface area contributed by atoms with Gasteiger partial charge in [-0.15, -0.1) is 0 Å². The number of hydrogen-bond acceptors (Lipinski definition) is 4. The van der Waals surface area contributed by atoms with E-state index in [1.807, 2.05) is 18.3 Å². The Morgan fingerprint density at radius 1 is 1.03 bits per heavy atom. The number of aromatic nitrogens is 1. The molecule has 3 heterocycles. The quantitative estimate of drug-likeness (QED) is 0.356. The summed E-state index contributed by atoms with van der Waals surface area (Å²) in [5.41, 5.74) is 7.02. The Morgan fingerprint density at radius 3 is 2.50 bits per heavy atom. The highest BCUT2D eigenvalue weighted by molar-refractivity contribution is 7.80. The molecule has 6 heteroatoms. The van der Waals surface area contributed by atoms with Crippen molar-refractivity contribution < 1.29 is 4.74 Å². The summed E-state index contributed by atoms with van der Waals surface area (Å²) < 4.78 is 6.23. The van der Waals surface area contributed by atoms with Crippen molar-refractivity contribution >= 4 is 34.3 Å². The molecule has 1 aliphatic carbocycles. The minimum atomic E-state index is -0.0711. The zero-order valence-electron chi connectivity index (χ0n) is 22.6. The van der Waals surface area contributed by atoms with Gasteiger partial charge in [-0.2, -0.15) is 0 Å². The first-order valence-corrected chi connectivity index (χ1v) is 14.1. The first-order valence-electron chi connectivity index (χ1n) is 13.7. The summed E-state index contributed by atoms with van der Waals surface area (Å²) in [4.78, 5) is 9.31. The number of nitrogens with one attached hydrogen (secondary N) is 1. The lowest BCUT2D eigenvalue weighted by atomic mass is 9.86. The highest BCUT2D eigenvalue weighted by atomic mass is 32.1. The summed E-state index contributed by atoms with van der Waals surface area (Å²) >= 11 is 5.95. The van der Waals surface area contributed by atoms with Crippen LogP contribution in [0.25, 0.3) is 5.57 Å². The van der Waals surface area contributed by atoms with Gasteiger partial charge in [-0.1, -0.05) is 18.2 Å². The van der Waals surface area contributed by atoms with E-state index >= 15 is 0 Å². The molecule has 6 rings (SSSR count). The number of benzene rings is 2. The molecule has 1 aromatic heterocycles. The van der Waals surface area contributed by atoms with Crippen molar-refractivity contribution in [1.82, 2.24) is 10.3 Å². The van der Waals surface area contributed by atoms with Crippen LogP contribution in [-0.4, -0.2) is 28.8 Å². The maximum atomic E-state index is 6.23. The van der Waals surface area contributed by atoms with Crippen molar-refractivity contribution in [3.8, 4) is 5.75 Å². The molecule has 0 amide bonds. The third-order valence-electron chi connectivity index (χ3n) is 8.40. The summed E-state index contributed by atoms with van der Waals surface area (Å²) in [5, 5.41) is 4.30.